The molecule has 1 heterocycles. The number of hydrogen-bond donors (Lipinski definition) is 1. The lowest BCUT2D eigenvalue weighted by Crippen LogP contribution is -2.24. The summed E-state index contributed by atoms with van der Waals surface area (Å²) in [5.41, 5.74) is 0. The van der Waals surface area contributed by atoms with E-state index in [0.717, 1.165) is 12.5 Å². The van der Waals surface area contributed by atoms with Gasteiger partial charge in [0.25, 0.3) is 0 Å². The summed E-state index contributed by atoms with van der Waals surface area (Å²) in [6.07, 6.45) is 3.96. The maximum atomic E-state index is 3.58. The zero-order chi connectivity index (χ0) is 12.0. The van der Waals surface area contributed by atoms with Crippen molar-refractivity contribution in [1.82, 2.24) is 5.32 Å². The normalized spacial score (nSPS) is 13.3. The van der Waals surface area contributed by atoms with Crippen LogP contribution in [-0.2, 0) is 6.54 Å². The highest BCUT2D eigenvalue weighted by Crippen LogP contribution is 2.19. The van der Waals surface area contributed by atoms with Crippen molar-refractivity contribution in [3.8, 4) is 0 Å². The van der Waals surface area contributed by atoms with Crippen molar-refractivity contribution >= 4 is 27.3 Å². The molecule has 1 N–H and O–H groups in total. The molecule has 0 radical (unpaired) electrons. The van der Waals surface area contributed by atoms with Gasteiger partial charge in [0.2, 0.25) is 0 Å². The van der Waals surface area contributed by atoms with Crippen LogP contribution >= 0.6 is 27.3 Å². The standard InChI is InChI=1S/C13H22BrNS/c1-10(2)5-4-6-11(3)15-8-13-7-12(14)9-16-13/h7,9-11,15H,4-6,8H2,1-3H3. The lowest BCUT2D eigenvalue weighted by Gasteiger charge is -2.13. The summed E-state index contributed by atoms with van der Waals surface area (Å²) in [5.74, 6) is 0.834. The third-order valence-electron chi connectivity index (χ3n) is 2.67. The Morgan fingerprint density at radius 3 is 2.62 bits per heavy atom. The van der Waals surface area contributed by atoms with Crippen LogP contribution < -0.4 is 5.32 Å². The van der Waals surface area contributed by atoms with Gasteiger partial charge in [-0.15, -0.1) is 11.3 Å². The average Bonchev–Trinajstić information content (AvgIpc) is 2.61. The first-order chi connectivity index (χ1) is 7.58. The van der Waals surface area contributed by atoms with Crippen molar-refractivity contribution in [1.29, 1.82) is 0 Å². The Balaban J connectivity index is 2.12. The van der Waals surface area contributed by atoms with E-state index in [0.29, 0.717) is 6.04 Å². The van der Waals surface area contributed by atoms with Gasteiger partial charge in [-0.05, 0) is 41.3 Å². The van der Waals surface area contributed by atoms with Crippen LogP contribution in [0.3, 0.4) is 0 Å². The molecule has 0 fully saturated rings. The minimum Gasteiger partial charge on any atom is -0.309 e. The van der Waals surface area contributed by atoms with E-state index in [1.807, 2.05) is 11.3 Å². The van der Waals surface area contributed by atoms with Crippen LogP contribution in [0.5, 0.6) is 0 Å². The van der Waals surface area contributed by atoms with Crippen molar-refractivity contribution in [2.45, 2.75) is 52.6 Å². The van der Waals surface area contributed by atoms with Gasteiger partial charge in [0, 0.05) is 27.3 Å². The molecule has 0 aromatic carbocycles. The second kappa shape index (κ2) is 7.46. The van der Waals surface area contributed by atoms with Crippen LogP contribution in [0.1, 0.15) is 44.9 Å². The molecule has 92 valence electrons. The molecule has 3 heteroatoms. The van der Waals surface area contributed by atoms with Gasteiger partial charge in [-0.2, -0.15) is 0 Å². The molecule has 1 rings (SSSR count). The predicted molar refractivity (Wildman–Crippen MR) is 77.0 cm³/mol. The molecule has 0 saturated heterocycles. The topological polar surface area (TPSA) is 12.0 Å². The van der Waals surface area contributed by atoms with Gasteiger partial charge in [-0.1, -0.05) is 26.7 Å². The SMILES string of the molecule is CC(C)CCCC(C)NCc1cc(Br)cs1. The third-order valence-corrected chi connectivity index (χ3v) is 4.36. The molecule has 1 unspecified atom stereocenters. The molecule has 1 nitrogen and oxygen atoms in total. The van der Waals surface area contributed by atoms with Gasteiger partial charge in [0.1, 0.15) is 0 Å². The molecule has 0 amide bonds. The molecule has 1 aromatic rings. The first kappa shape index (κ1) is 14.2. The maximum Gasteiger partial charge on any atom is 0.0302 e. The zero-order valence-electron chi connectivity index (χ0n) is 10.4. The van der Waals surface area contributed by atoms with E-state index < -0.39 is 0 Å². The molecule has 0 aliphatic heterocycles. The predicted octanol–water partition coefficient (Wildman–Crippen LogP) is 4.82. The molecule has 16 heavy (non-hydrogen) atoms. The Hall–Kier alpha value is 0.140. The molecule has 0 aliphatic carbocycles. The average molecular weight is 304 g/mol. The summed E-state index contributed by atoms with van der Waals surface area (Å²) in [5, 5.41) is 5.71. The number of hydrogen-bond acceptors (Lipinski definition) is 2. The number of nitrogens with one attached hydrogen (secondary N) is 1. The summed E-state index contributed by atoms with van der Waals surface area (Å²) < 4.78 is 1.20. The number of thiophene rings is 1. The number of rotatable bonds is 7. The van der Waals surface area contributed by atoms with Gasteiger partial charge in [0.15, 0.2) is 0 Å². The van der Waals surface area contributed by atoms with E-state index in [-0.39, 0.29) is 0 Å². The Labute approximate surface area is 112 Å². The van der Waals surface area contributed by atoms with Gasteiger partial charge < -0.3 is 5.32 Å². The molecule has 1 aromatic heterocycles. The van der Waals surface area contributed by atoms with Crippen molar-refractivity contribution in [3.63, 3.8) is 0 Å². The van der Waals surface area contributed by atoms with Gasteiger partial charge >= 0.3 is 0 Å². The van der Waals surface area contributed by atoms with Crippen LogP contribution in [0, 0.1) is 5.92 Å². The van der Waals surface area contributed by atoms with E-state index in [1.54, 1.807) is 0 Å². The second-order valence-electron chi connectivity index (χ2n) is 4.84. The smallest absolute Gasteiger partial charge is 0.0302 e. The lowest BCUT2D eigenvalue weighted by atomic mass is 10.0. The number of halogens is 1. The largest absolute Gasteiger partial charge is 0.309 e. The van der Waals surface area contributed by atoms with E-state index in [2.05, 4.69) is 53.5 Å². The molecular weight excluding hydrogens is 282 g/mol. The molecule has 0 spiro atoms. The Morgan fingerprint density at radius 2 is 2.06 bits per heavy atom. The Kier molecular flexibility index (Phi) is 6.62. The highest BCUT2D eigenvalue weighted by Gasteiger charge is 2.03. The van der Waals surface area contributed by atoms with Crippen molar-refractivity contribution < 1.29 is 0 Å². The maximum absolute atomic E-state index is 3.58. The van der Waals surface area contributed by atoms with Crippen molar-refractivity contribution in [2.24, 2.45) is 5.92 Å². The first-order valence-corrected chi connectivity index (χ1v) is 7.71. The van der Waals surface area contributed by atoms with Crippen LogP contribution in [0.4, 0.5) is 0 Å². The molecule has 0 aliphatic rings. The molecule has 0 bridgehead atoms. The molecular formula is C13H22BrNS. The highest BCUT2D eigenvalue weighted by atomic mass is 79.9. The van der Waals surface area contributed by atoms with E-state index >= 15 is 0 Å². The summed E-state index contributed by atoms with van der Waals surface area (Å²) in [4.78, 5) is 1.41. The highest BCUT2D eigenvalue weighted by molar-refractivity contribution is 9.10. The van der Waals surface area contributed by atoms with E-state index in [9.17, 15) is 0 Å². The van der Waals surface area contributed by atoms with E-state index in [1.165, 1.54) is 28.6 Å². The minimum absolute atomic E-state index is 0.625. The second-order valence-corrected chi connectivity index (χ2v) is 6.75. The fourth-order valence-corrected chi connectivity index (χ4v) is 3.06. The summed E-state index contributed by atoms with van der Waals surface area (Å²) in [6.45, 7) is 7.87. The van der Waals surface area contributed by atoms with Crippen LogP contribution in [0.2, 0.25) is 0 Å². The minimum atomic E-state index is 0.625. The fraction of sp³-hybridized carbons (Fsp3) is 0.692. The first-order valence-electron chi connectivity index (χ1n) is 6.04. The lowest BCUT2D eigenvalue weighted by molar-refractivity contribution is 0.458. The van der Waals surface area contributed by atoms with E-state index in [4.69, 9.17) is 0 Å². The van der Waals surface area contributed by atoms with Gasteiger partial charge in [0.05, 0.1) is 0 Å². The quantitative estimate of drug-likeness (QED) is 0.762. The van der Waals surface area contributed by atoms with Gasteiger partial charge in [-0.25, -0.2) is 0 Å². The summed E-state index contributed by atoms with van der Waals surface area (Å²) in [7, 11) is 0. The van der Waals surface area contributed by atoms with Crippen molar-refractivity contribution in [2.75, 3.05) is 0 Å². The van der Waals surface area contributed by atoms with Gasteiger partial charge in [-0.3, -0.25) is 0 Å². The Morgan fingerprint density at radius 1 is 1.31 bits per heavy atom. The van der Waals surface area contributed by atoms with Crippen LogP contribution in [-0.4, -0.2) is 6.04 Å². The molecule has 1 atom stereocenters. The third kappa shape index (κ3) is 6.02. The zero-order valence-corrected chi connectivity index (χ0v) is 12.8. The summed E-state index contributed by atoms with van der Waals surface area (Å²) >= 11 is 5.29. The fourth-order valence-electron chi connectivity index (χ4n) is 1.66. The van der Waals surface area contributed by atoms with Crippen molar-refractivity contribution in [3.05, 3.63) is 20.8 Å². The van der Waals surface area contributed by atoms with Crippen LogP contribution in [0.15, 0.2) is 15.9 Å². The summed E-state index contributed by atoms with van der Waals surface area (Å²) in [6, 6.07) is 2.82. The Bertz CT molecular complexity index is 296. The molecule has 0 saturated carbocycles. The monoisotopic (exact) mass is 303 g/mol. The van der Waals surface area contributed by atoms with Crippen LogP contribution in [0.25, 0.3) is 0 Å².